The van der Waals surface area contributed by atoms with E-state index in [1.54, 1.807) is 5.01 Å². The Hall–Kier alpha value is -0.570. The molecule has 0 aromatic carbocycles. The first kappa shape index (κ1) is 9.97. The molecule has 2 fully saturated rings. The summed E-state index contributed by atoms with van der Waals surface area (Å²) in [6.45, 7) is 1.70. The minimum absolute atomic E-state index is 0.289. The van der Waals surface area contributed by atoms with E-state index >= 15 is 0 Å². The van der Waals surface area contributed by atoms with Crippen LogP contribution in [0.1, 0.15) is 44.9 Å². The molecule has 1 saturated carbocycles. The summed E-state index contributed by atoms with van der Waals surface area (Å²) >= 11 is 0. The highest BCUT2D eigenvalue weighted by Crippen LogP contribution is 2.26. The van der Waals surface area contributed by atoms with Crippen LogP contribution in [0.2, 0.25) is 0 Å². The highest BCUT2D eigenvalue weighted by molar-refractivity contribution is 5.78. The molecule has 0 bridgehead atoms. The monoisotopic (exact) mass is 195 g/mol. The van der Waals surface area contributed by atoms with E-state index in [-0.39, 0.29) is 5.92 Å². The molecule has 0 N–H and O–H groups in total. The van der Waals surface area contributed by atoms with Gasteiger partial charge in [0.2, 0.25) is 5.91 Å². The Labute approximate surface area is 85.8 Å². The van der Waals surface area contributed by atoms with Gasteiger partial charge in [-0.05, 0) is 25.7 Å². The van der Waals surface area contributed by atoms with Crippen molar-refractivity contribution in [3.8, 4) is 0 Å². The van der Waals surface area contributed by atoms with E-state index in [0.29, 0.717) is 5.91 Å². The van der Waals surface area contributed by atoms with E-state index in [0.717, 1.165) is 38.8 Å². The van der Waals surface area contributed by atoms with Crippen molar-refractivity contribution in [3.63, 3.8) is 0 Å². The van der Waals surface area contributed by atoms with Crippen molar-refractivity contribution in [2.45, 2.75) is 44.9 Å². The van der Waals surface area contributed by atoms with Crippen LogP contribution in [-0.4, -0.2) is 24.0 Å². The van der Waals surface area contributed by atoms with Gasteiger partial charge in [-0.3, -0.25) is 9.80 Å². The molecular weight excluding hydrogens is 176 g/mol. The van der Waals surface area contributed by atoms with Gasteiger partial charge in [0.25, 0.3) is 0 Å². The largest absolute Gasteiger partial charge is 0.273 e. The minimum atomic E-state index is 0.289. The Morgan fingerprint density at radius 1 is 1.07 bits per heavy atom. The van der Waals surface area contributed by atoms with Crippen LogP contribution in [0.3, 0.4) is 0 Å². The maximum absolute atomic E-state index is 12.0. The topological polar surface area (TPSA) is 34.4 Å². The second-order valence-corrected chi connectivity index (χ2v) is 4.37. The third kappa shape index (κ3) is 2.27. The smallest absolute Gasteiger partial charge is 0.241 e. The van der Waals surface area contributed by atoms with Gasteiger partial charge < -0.3 is 0 Å². The van der Waals surface area contributed by atoms with Crippen molar-refractivity contribution in [1.82, 2.24) is 10.4 Å². The van der Waals surface area contributed by atoms with E-state index in [1.165, 1.54) is 19.3 Å². The molecule has 1 saturated heterocycles. The second-order valence-electron chi connectivity index (χ2n) is 4.37. The molecule has 1 radical (unpaired) electrons. The Kier molecular flexibility index (Phi) is 3.40. The molecule has 2 aliphatic rings. The SMILES string of the molecule is O=C(C1CCCC1)N1CCCCC[N]1. The number of carbonyl (C=O) groups is 1. The molecule has 2 rings (SSSR count). The summed E-state index contributed by atoms with van der Waals surface area (Å²) in [5.74, 6) is 0.584. The zero-order chi connectivity index (χ0) is 9.80. The first-order valence-electron chi connectivity index (χ1n) is 5.87. The highest BCUT2D eigenvalue weighted by Gasteiger charge is 2.27. The molecular formula is C11H19N2O. The Balaban J connectivity index is 1.88. The number of amides is 1. The molecule has 1 aliphatic heterocycles. The summed E-state index contributed by atoms with van der Waals surface area (Å²) in [4.78, 5) is 12.0. The van der Waals surface area contributed by atoms with Crippen molar-refractivity contribution in [3.05, 3.63) is 0 Å². The van der Waals surface area contributed by atoms with Crippen molar-refractivity contribution in [2.24, 2.45) is 5.92 Å². The minimum Gasteiger partial charge on any atom is -0.273 e. The number of rotatable bonds is 1. The summed E-state index contributed by atoms with van der Waals surface area (Å²) in [6, 6.07) is 0. The lowest BCUT2D eigenvalue weighted by Crippen LogP contribution is -2.40. The van der Waals surface area contributed by atoms with Gasteiger partial charge in [0.1, 0.15) is 0 Å². The van der Waals surface area contributed by atoms with E-state index < -0.39 is 0 Å². The molecule has 3 heteroatoms. The Bertz CT molecular complexity index is 191. The van der Waals surface area contributed by atoms with E-state index in [2.05, 4.69) is 5.43 Å². The van der Waals surface area contributed by atoms with E-state index in [4.69, 9.17) is 0 Å². The third-order valence-electron chi connectivity index (χ3n) is 3.26. The van der Waals surface area contributed by atoms with Gasteiger partial charge in [-0.25, -0.2) is 0 Å². The van der Waals surface area contributed by atoms with Gasteiger partial charge in [-0.2, -0.15) is 0 Å². The zero-order valence-electron chi connectivity index (χ0n) is 8.74. The zero-order valence-corrected chi connectivity index (χ0v) is 8.74. The van der Waals surface area contributed by atoms with Crippen LogP contribution in [0, 0.1) is 5.92 Å². The molecule has 0 unspecified atom stereocenters. The maximum atomic E-state index is 12.0. The lowest BCUT2D eigenvalue weighted by Gasteiger charge is -2.22. The van der Waals surface area contributed by atoms with Gasteiger partial charge in [0.05, 0.1) is 0 Å². The molecule has 0 spiro atoms. The van der Waals surface area contributed by atoms with Crippen LogP contribution in [-0.2, 0) is 4.79 Å². The van der Waals surface area contributed by atoms with Crippen LogP contribution in [0.4, 0.5) is 0 Å². The molecule has 1 aliphatic carbocycles. The van der Waals surface area contributed by atoms with Crippen molar-refractivity contribution >= 4 is 5.91 Å². The number of hydrogen-bond acceptors (Lipinski definition) is 1. The summed E-state index contributed by atoms with van der Waals surface area (Å²) in [5, 5.41) is 1.75. The molecule has 14 heavy (non-hydrogen) atoms. The summed E-state index contributed by atoms with van der Waals surface area (Å²) in [7, 11) is 0. The van der Waals surface area contributed by atoms with Crippen LogP contribution < -0.4 is 5.43 Å². The van der Waals surface area contributed by atoms with Crippen LogP contribution in [0.25, 0.3) is 0 Å². The Morgan fingerprint density at radius 3 is 2.64 bits per heavy atom. The average molecular weight is 195 g/mol. The normalized spacial score (nSPS) is 25.0. The van der Waals surface area contributed by atoms with E-state index in [1.807, 2.05) is 0 Å². The first-order valence-corrected chi connectivity index (χ1v) is 5.87. The fraction of sp³-hybridized carbons (Fsp3) is 0.909. The molecule has 1 heterocycles. The molecule has 79 valence electrons. The third-order valence-corrected chi connectivity index (χ3v) is 3.26. The van der Waals surface area contributed by atoms with Crippen LogP contribution >= 0.6 is 0 Å². The van der Waals surface area contributed by atoms with Gasteiger partial charge in [-0.15, -0.1) is 5.43 Å². The van der Waals surface area contributed by atoms with Crippen LogP contribution in [0.5, 0.6) is 0 Å². The van der Waals surface area contributed by atoms with E-state index in [9.17, 15) is 4.79 Å². The maximum Gasteiger partial charge on any atom is 0.241 e. The molecule has 1 amide bonds. The standard InChI is InChI=1S/C11H19N2O/c14-11(10-6-2-3-7-10)13-9-5-1-4-8-12-13/h10H,1-9H2. The van der Waals surface area contributed by atoms with Gasteiger partial charge >= 0.3 is 0 Å². The molecule has 0 aromatic heterocycles. The quantitative estimate of drug-likeness (QED) is 0.627. The molecule has 0 aromatic rings. The van der Waals surface area contributed by atoms with Crippen molar-refractivity contribution in [1.29, 1.82) is 0 Å². The predicted octanol–water partition coefficient (Wildman–Crippen LogP) is 1.71. The second kappa shape index (κ2) is 4.78. The number of hydrogen-bond donors (Lipinski definition) is 0. The summed E-state index contributed by atoms with van der Waals surface area (Å²) < 4.78 is 0. The van der Waals surface area contributed by atoms with Crippen molar-refractivity contribution in [2.75, 3.05) is 13.1 Å². The number of nitrogens with zero attached hydrogens (tertiary/aromatic N) is 2. The van der Waals surface area contributed by atoms with Gasteiger partial charge in [0.15, 0.2) is 0 Å². The fourth-order valence-corrected chi connectivity index (χ4v) is 2.38. The fourth-order valence-electron chi connectivity index (χ4n) is 2.38. The molecule has 3 nitrogen and oxygen atoms in total. The van der Waals surface area contributed by atoms with Crippen LogP contribution in [0.15, 0.2) is 0 Å². The Morgan fingerprint density at radius 2 is 1.86 bits per heavy atom. The summed E-state index contributed by atoms with van der Waals surface area (Å²) in [6.07, 6.45) is 8.12. The lowest BCUT2D eigenvalue weighted by molar-refractivity contribution is -0.138. The summed E-state index contributed by atoms with van der Waals surface area (Å²) in [5.41, 5.74) is 4.35. The van der Waals surface area contributed by atoms with Gasteiger partial charge in [-0.1, -0.05) is 19.3 Å². The molecule has 0 atom stereocenters. The number of carbonyl (C=O) groups excluding carboxylic acids is 1. The van der Waals surface area contributed by atoms with Gasteiger partial charge in [0, 0.05) is 19.0 Å². The first-order chi connectivity index (χ1) is 6.88. The van der Waals surface area contributed by atoms with Crippen molar-refractivity contribution < 1.29 is 4.79 Å². The predicted molar refractivity (Wildman–Crippen MR) is 54.5 cm³/mol. The highest BCUT2D eigenvalue weighted by atomic mass is 16.2. The lowest BCUT2D eigenvalue weighted by atomic mass is 10.1. The average Bonchev–Trinajstić information content (AvgIpc) is 2.59.